The molecule has 6 aromatic rings. The Hall–Kier alpha value is -10.8. The number of benzene rings is 6. The third-order valence-electron chi connectivity index (χ3n) is 16.1. The number of hydrogen-bond donors (Lipinski definition) is 0. The highest BCUT2D eigenvalue weighted by molar-refractivity contribution is 6.17. The third kappa shape index (κ3) is 15.5. The second-order valence-electron chi connectivity index (χ2n) is 21.0. The Morgan fingerprint density at radius 1 is 0.188 bits per heavy atom. The zero-order valence-corrected chi connectivity index (χ0v) is 57.7. The van der Waals surface area contributed by atoms with Crippen molar-refractivity contribution in [2.75, 3.05) is 128 Å². The van der Waals surface area contributed by atoms with E-state index < -0.39 is 0 Å². The highest BCUT2D eigenvalue weighted by Gasteiger charge is 2.30. The lowest BCUT2D eigenvalue weighted by Gasteiger charge is -2.14. The normalized spacial score (nSPS) is 15.8. The van der Waals surface area contributed by atoms with Crippen LogP contribution >= 0.6 is 0 Å². The van der Waals surface area contributed by atoms with Crippen LogP contribution in [0.15, 0.2) is 106 Å². The predicted molar refractivity (Wildman–Crippen MR) is 367 cm³/mol. The van der Waals surface area contributed by atoms with Crippen LogP contribution in [0.3, 0.4) is 0 Å². The molecule has 0 atom stereocenters. The summed E-state index contributed by atoms with van der Waals surface area (Å²) in [4.78, 5) is 39.4. The molecule has 3 saturated carbocycles. The molecule has 9 rings (SSSR count). The monoisotopic (exact) mass is 1320 g/mol. The zero-order chi connectivity index (χ0) is 69.8. The molecule has 0 bridgehead atoms. The number of carbonyl (C=O) groups is 3. The number of Topliss-reactive ketones (excluding diaryl/α,β-unsaturated/α-hetero) is 3. The maximum atomic E-state index is 13.1. The molecule has 0 heterocycles. The Balaban J connectivity index is 0.000000203. The van der Waals surface area contributed by atoms with Crippen molar-refractivity contribution < 1.29 is 99.6 Å². The van der Waals surface area contributed by atoms with Gasteiger partial charge in [0.1, 0.15) is 0 Å². The first-order valence-corrected chi connectivity index (χ1v) is 30.2. The Bertz CT molecular complexity index is 3360. The average Bonchev–Trinajstić information content (AvgIpc) is 1.62. The highest BCUT2D eigenvalue weighted by Crippen LogP contribution is 2.48. The van der Waals surface area contributed by atoms with Crippen molar-refractivity contribution in [2.45, 2.75) is 38.5 Å². The van der Waals surface area contributed by atoms with E-state index in [0.29, 0.717) is 175 Å². The maximum absolute atomic E-state index is 13.1. The number of allylic oxidation sites excluding steroid dienone is 6. The summed E-state index contributed by atoms with van der Waals surface area (Å²) in [5.41, 5.74) is 8.66. The van der Waals surface area contributed by atoms with Gasteiger partial charge in [-0.1, -0.05) is 0 Å². The van der Waals surface area contributed by atoms with Crippen LogP contribution in [0.1, 0.15) is 71.9 Å². The van der Waals surface area contributed by atoms with Gasteiger partial charge in [-0.15, -0.1) is 0 Å². The van der Waals surface area contributed by atoms with E-state index in [1.165, 1.54) is 0 Å². The first kappa shape index (κ1) is 72.6. The number of ether oxygens (including phenoxy) is 18. The fraction of sp³-hybridized carbons (Fsp3) is 0.320. The molecule has 0 saturated heterocycles. The van der Waals surface area contributed by atoms with Crippen LogP contribution in [0.25, 0.3) is 36.5 Å². The molecule has 0 aromatic heterocycles. The molecule has 96 heavy (non-hydrogen) atoms. The average molecular weight is 1320 g/mol. The van der Waals surface area contributed by atoms with E-state index in [9.17, 15) is 14.4 Å². The fourth-order valence-corrected chi connectivity index (χ4v) is 11.5. The lowest BCUT2D eigenvalue weighted by atomic mass is 10.0. The summed E-state index contributed by atoms with van der Waals surface area (Å²) >= 11 is 0. The van der Waals surface area contributed by atoms with Gasteiger partial charge in [0, 0.05) is 66.8 Å². The van der Waals surface area contributed by atoms with Crippen molar-refractivity contribution in [3.05, 3.63) is 140 Å². The number of rotatable bonds is 24. The van der Waals surface area contributed by atoms with E-state index in [0.717, 1.165) is 33.4 Å². The van der Waals surface area contributed by atoms with Crippen molar-refractivity contribution in [3.8, 4) is 103 Å². The van der Waals surface area contributed by atoms with E-state index in [-0.39, 0.29) is 17.3 Å². The molecule has 0 aliphatic heterocycles. The van der Waals surface area contributed by atoms with Crippen LogP contribution in [-0.2, 0) is 14.4 Å². The van der Waals surface area contributed by atoms with E-state index in [1.54, 1.807) is 164 Å². The quantitative estimate of drug-likeness (QED) is 0.0515. The minimum Gasteiger partial charge on any atom is -0.493 e. The second kappa shape index (κ2) is 34.4. The molecular formula is C75H84O21. The number of methoxy groups -OCH3 is 18. The number of carbonyl (C=O) groups excluding carboxylic acids is 3. The standard InChI is InChI=1S/3C25H28O7/c3*1-27-19-11-9-17(22(29-3)24(19)31-5)13-15-7-8-16(21(15)26)14-18-10-12-20(28-2)25(32-6)23(18)30-4/h3*9-14H,7-8H2,1-6H3/b3*15-13+,16-14+. The lowest BCUT2D eigenvalue weighted by molar-refractivity contribution is -0.112. The molecule has 21 heteroatoms. The van der Waals surface area contributed by atoms with Gasteiger partial charge in [0.2, 0.25) is 34.5 Å². The summed E-state index contributed by atoms with van der Waals surface area (Å²) in [6.07, 6.45) is 14.8. The summed E-state index contributed by atoms with van der Waals surface area (Å²) in [5, 5.41) is 0. The number of ketones is 3. The summed E-state index contributed by atoms with van der Waals surface area (Å²) in [6, 6.07) is 21.8. The van der Waals surface area contributed by atoms with Crippen molar-refractivity contribution in [1.29, 1.82) is 0 Å². The fourth-order valence-electron chi connectivity index (χ4n) is 11.5. The van der Waals surface area contributed by atoms with Crippen LogP contribution in [0.5, 0.6) is 103 Å². The third-order valence-corrected chi connectivity index (χ3v) is 16.1. The van der Waals surface area contributed by atoms with Crippen molar-refractivity contribution >= 4 is 53.8 Å². The molecule has 0 amide bonds. The first-order chi connectivity index (χ1) is 46.6. The largest absolute Gasteiger partial charge is 0.493 e. The van der Waals surface area contributed by atoms with Gasteiger partial charge in [0.25, 0.3) is 0 Å². The zero-order valence-electron chi connectivity index (χ0n) is 57.7. The van der Waals surface area contributed by atoms with Crippen LogP contribution in [0.4, 0.5) is 0 Å². The molecule has 0 unspecified atom stereocenters. The highest BCUT2D eigenvalue weighted by atomic mass is 16.6. The Morgan fingerprint density at radius 3 is 0.417 bits per heavy atom. The molecule has 0 radical (unpaired) electrons. The number of hydrogen-bond acceptors (Lipinski definition) is 21. The summed E-state index contributed by atoms with van der Waals surface area (Å²) in [7, 11) is 28.1. The summed E-state index contributed by atoms with van der Waals surface area (Å²) in [5.74, 6) is 9.36. The van der Waals surface area contributed by atoms with Crippen molar-refractivity contribution in [2.24, 2.45) is 0 Å². The van der Waals surface area contributed by atoms with Gasteiger partial charge in [-0.3, -0.25) is 14.4 Å². The van der Waals surface area contributed by atoms with Gasteiger partial charge in [0.15, 0.2) is 86.3 Å². The molecule has 3 aliphatic carbocycles. The Kier molecular flexibility index (Phi) is 26.0. The molecule has 3 aliphatic rings. The molecule has 0 N–H and O–H groups in total. The van der Waals surface area contributed by atoms with E-state index in [4.69, 9.17) is 85.3 Å². The smallest absolute Gasteiger partial charge is 0.203 e. The molecule has 6 aromatic carbocycles. The van der Waals surface area contributed by atoms with Crippen molar-refractivity contribution in [3.63, 3.8) is 0 Å². The van der Waals surface area contributed by atoms with Gasteiger partial charge < -0.3 is 85.3 Å². The van der Waals surface area contributed by atoms with Gasteiger partial charge >= 0.3 is 0 Å². The van der Waals surface area contributed by atoms with Gasteiger partial charge in [-0.05, 0) is 148 Å². The van der Waals surface area contributed by atoms with E-state index in [1.807, 2.05) is 72.9 Å². The SMILES string of the molecule is COc1ccc(/C=C2\CC/C(=C\c3ccc(OC)c(OC)c3OC)C2=O)c(OC)c1OC.COc1ccc(/C=C2\CC/C(=C\c3ccc(OC)c(OC)c3OC)C2=O)c(OC)c1OC.COc1ccc(/C=C2\CC/C(=C\c3ccc(OC)c(OC)c3OC)C2=O)c(OC)c1OC. The van der Waals surface area contributed by atoms with Crippen molar-refractivity contribution in [1.82, 2.24) is 0 Å². The van der Waals surface area contributed by atoms with Crippen LogP contribution < -0.4 is 85.3 Å². The van der Waals surface area contributed by atoms with Crippen LogP contribution in [-0.4, -0.2) is 145 Å². The molecule has 21 nitrogen and oxygen atoms in total. The molecule has 0 spiro atoms. The maximum Gasteiger partial charge on any atom is 0.203 e. The lowest BCUT2D eigenvalue weighted by Crippen LogP contribution is -2.00. The van der Waals surface area contributed by atoms with Crippen LogP contribution in [0, 0.1) is 0 Å². The van der Waals surface area contributed by atoms with E-state index >= 15 is 0 Å². The van der Waals surface area contributed by atoms with Gasteiger partial charge in [-0.25, -0.2) is 0 Å². The van der Waals surface area contributed by atoms with Gasteiger partial charge in [0.05, 0.1) is 128 Å². The minimum atomic E-state index is -0.0151. The summed E-state index contributed by atoms with van der Waals surface area (Å²) < 4.78 is 97.9. The molecule has 510 valence electrons. The Morgan fingerprint density at radius 2 is 0.312 bits per heavy atom. The Labute approximate surface area is 560 Å². The van der Waals surface area contributed by atoms with Gasteiger partial charge in [-0.2, -0.15) is 0 Å². The second-order valence-corrected chi connectivity index (χ2v) is 21.0. The van der Waals surface area contributed by atoms with Crippen LogP contribution in [0.2, 0.25) is 0 Å². The minimum absolute atomic E-state index is 0.0151. The molecule has 3 fully saturated rings. The molecular weight excluding hydrogens is 1240 g/mol. The predicted octanol–water partition coefficient (Wildman–Crippen LogP) is 13.7. The topological polar surface area (TPSA) is 217 Å². The summed E-state index contributed by atoms with van der Waals surface area (Å²) in [6.45, 7) is 0. The van der Waals surface area contributed by atoms with E-state index in [2.05, 4.69) is 0 Å². The first-order valence-electron chi connectivity index (χ1n) is 30.2.